The van der Waals surface area contributed by atoms with Crippen LogP contribution in [0, 0.1) is 0 Å². The van der Waals surface area contributed by atoms with E-state index in [4.69, 9.17) is 5.11 Å². The Kier molecular flexibility index (Phi) is 26.0. The Balaban J connectivity index is 0. The van der Waals surface area contributed by atoms with E-state index >= 15 is 0 Å². The van der Waals surface area contributed by atoms with Crippen LogP contribution in [0.1, 0.15) is 135 Å². The first-order valence-electron chi connectivity index (χ1n) is 12.1. The Morgan fingerprint density at radius 1 is 0.621 bits per heavy atom. The average molecular weight is 443 g/mol. The number of rotatable bonds is 22. The zero-order valence-electron chi connectivity index (χ0n) is 19.5. The van der Waals surface area contributed by atoms with E-state index in [1.54, 1.807) is 0 Å². The molecule has 0 aliphatic carbocycles. The van der Waals surface area contributed by atoms with Crippen molar-refractivity contribution in [3.05, 3.63) is 0 Å². The molecule has 0 heterocycles. The van der Waals surface area contributed by atoms with Crippen LogP contribution in [0.3, 0.4) is 0 Å². The number of aliphatic hydroxyl groups is 1. The SMILES string of the molecule is CCCC(CCCCCCCCCCCCCCCCCCCO)S(=O)(=O)[O-].[Na+]. The van der Waals surface area contributed by atoms with Gasteiger partial charge >= 0.3 is 29.6 Å². The molecule has 0 amide bonds. The molecule has 4 nitrogen and oxygen atoms in total. The van der Waals surface area contributed by atoms with Crippen molar-refractivity contribution in [2.45, 2.75) is 141 Å². The first-order valence-corrected chi connectivity index (χ1v) is 13.5. The van der Waals surface area contributed by atoms with E-state index in [1.165, 1.54) is 83.5 Å². The van der Waals surface area contributed by atoms with Crippen molar-refractivity contribution < 1.29 is 47.6 Å². The van der Waals surface area contributed by atoms with Gasteiger partial charge in [0.2, 0.25) is 0 Å². The van der Waals surface area contributed by atoms with Crippen LogP contribution < -0.4 is 29.6 Å². The number of aliphatic hydroxyl groups excluding tert-OH is 1. The molecular weight excluding hydrogens is 395 g/mol. The van der Waals surface area contributed by atoms with Crippen LogP contribution in [-0.2, 0) is 10.1 Å². The first-order chi connectivity index (χ1) is 13.5. The molecule has 0 aliphatic heterocycles. The van der Waals surface area contributed by atoms with Crippen LogP contribution in [-0.4, -0.2) is 29.9 Å². The Morgan fingerprint density at radius 3 is 1.21 bits per heavy atom. The van der Waals surface area contributed by atoms with Gasteiger partial charge in [0.15, 0.2) is 0 Å². The molecule has 1 unspecified atom stereocenters. The van der Waals surface area contributed by atoms with E-state index in [0.717, 1.165) is 32.1 Å². The third kappa shape index (κ3) is 23.4. The Morgan fingerprint density at radius 2 is 0.931 bits per heavy atom. The maximum absolute atomic E-state index is 11.2. The number of unbranched alkanes of at least 4 members (excludes halogenated alkanes) is 16. The van der Waals surface area contributed by atoms with Crippen LogP contribution in [0.25, 0.3) is 0 Å². The summed E-state index contributed by atoms with van der Waals surface area (Å²) in [4.78, 5) is 0. The van der Waals surface area contributed by atoms with Gasteiger partial charge in [0, 0.05) is 11.9 Å². The minimum Gasteiger partial charge on any atom is -0.748 e. The summed E-state index contributed by atoms with van der Waals surface area (Å²) in [6, 6.07) is 0. The molecule has 0 aliphatic rings. The quantitative estimate of drug-likeness (QED) is 0.157. The second kappa shape index (κ2) is 23.5. The smallest absolute Gasteiger partial charge is 0.748 e. The van der Waals surface area contributed by atoms with Gasteiger partial charge in [-0.15, -0.1) is 0 Å². The molecule has 0 spiro atoms. The maximum atomic E-state index is 11.2. The molecule has 0 rings (SSSR count). The first kappa shape index (κ1) is 32.1. The zero-order chi connectivity index (χ0) is 20.9. The molecule has 170 valence electrons. The maximum Gasteiger partial charge on any atom is 1.00 e. The third-order valence-electron chi connectivity index (χ3n) is 5.70. The van der Waals surface area contributed by atoms with Crippen molar-refractivity contribution in [1.29, 1.82) is 0 Å². The van der Waals surface area contributed by atoms with E-state index in [0.29, 0.717) is 19.4 Å². The fraction of sp³-hybridized carbons (Fsp3) is 1.00. The number of hydrogen-bond donors (Lipinski definition) is 1. The van der Waals surface area contributed by atoms with Crippen molar-refractivity contribution in [1.82, 2.24) is 0 Å². The molecule has 0 radical (unpaired) electrons. The normalized spacial score (nSPS) is 12.7. The molecule has 0 aromatic rings. The van der Waals surface area contributed by atoms with E-state index in [-0.39, 0.29) is 29.6 Å². The van der Waals surface area contributed by atoms with E-state index in [9.17, 15) is 13.0 Å². The predicted octanol–water partition coefficient (Wildman–Crippen LogP) is 3.72. The van der Waals surface area contributed by atoms with Crippen LogP contribution in [0.15, 0.2) is 0 Å². The van der Waals surface area contributed by atoms with Crippen molar-refractivity contribution >= 4 is 10.1 Å². The van der Waals surface area contributed by atoms with Crippen LogP contribution in [0.5, 0.6) is 0 Å². The molecule has 1 N–H and O–H groups in total. The van der Waals surface area contributed by atoms with E-state index in [2.05, 4.69) is 0 Å². The van der Waals surface area contributed by atoms with Crippen molar-refractivity contribution in [3.63, 3.8) is 0 Å². The minimum absolute atomic E-state index is 0. The summed E-state index contributed by atoms with van der Waals surface area (Å²) >= 11 is 0. The van der Waals surface area contributed by atoms with Crippen molar-refractivity contribution in [2.24, 2.45) is 0 Å². The molecule has 29 heavy (non-hydrogen) atoms. The molecule has 0 fully saturated rings. The van der Waals surface area contributed by atoms with Gasteiger partial charge in [-0.1, -0.05) is 116 Å². The fourth-order valence-corrected chi connectivity index (χ4v) is 4.87. The second-order valence-electron chi connectivity index (χ2n) is 8.43. The molecule has 0 bridgehead atoms. The molecule has 0 saturated carbocycles. The van der Waals surface area contributed by atoms with Gasteiger partial charge in [-0.25, -0.2) is 8.42 Å². The van der Waals surface area contributed by atoms with Gasteiger partial charge in [-0.2, -0.15) is 0 Å². The monoisotopic (exact) mass is 442 g/mol. The Labute approximate surface area is 204 Å². The molecule has 6 heteroatoms. The molecule has 0 aromatic heterocycles. The van der Waals surface area contributed by atoms with Crippen LogP contribution >= 0.6 is 0 Å². The molecular formula is C23H47NaO4S. The van der Waals surface area contributed by atoms with E-state index in [1.807, 2.05) is 6.92 Å². The van der Waals surface area contributed by atoms with Crippen LogP contribution in [0.4, 0.5) is 0 Å². The summed E-state index contributed by atoms with van der Waals surface area (Å²) in [5.41, 5.74) is 0. The summed E-state index contributed by atoms with van der Waals surface area (Å²) < 4.78 is 33.5. The largest absolute Gasteiger partial charge is 1.00 e. The van der Waals surface area contributed by atoms with Gasteiger partial charge in [0.25, 0.3) is 0 Å². The van der Waals surface area contributed by atoms with Gasteiger partial charge in [0.05, 0.1) is 10.1 Å². The van der Waals surface area contributed by atoms with Gasteiger partial charge in [-0.3, -0.25) is 0 Å². The molecule has 0 aromatic carbocycles. The third-order valence-corrected chi connectivity index (χ3v) is 6.99. The van der Waals surface area contributed by atoms with Gasteiger partial charge in [-0.05, 0) is 19.3 Å². The van der Waals surface area contributed by atoms with Gasteiger partial charge < -0.3 is 9.66 Å². The molecule has 1 atom stereocenters. The Bertz CT molecular complexity index is 415. The summed E-state index contributed by atoms with van der Waals surface area (Å²) in [6.07, 6.45) is 23.0. The fourth-order valence-electron chi connectivity index (χ4n) is 3.89. The predicted molar refractivity (Wildman–Crippen MR) is 119 cm³/mol. The summed E-state index contributed by atoms with van der Waals surface area (Å²) in [5.74, 6) is 0. The Hall–Kier alpha value is 0.870. The molecule has 0 saturated heterocycles. The standard InChI is InChI=1S/C23H48O4S.Na/c1-2-20-23(28(25,26)27)21-18-16-14-12-10-8-6-4-3-5-7-9-11-13-15-17-19-22-24;/h23-24H,2-22H2,1H3,(H,25,26,27);/q;+1/p-1. The summed E-state index contributed by atoms with van der Waals surface area (Å²) in [6.45, 7) is 2.27. The van der Waals surface area contributed by atoms with E-state index < -0.39 is 15.4 Å². The second-order valence-corrected chi connectivity index (χ2v) is 10.1. The van der Waals surface area contributed by atoms with Crippen LogP contribution in [0.2, 0.25) is 0 Å². The zero-order valence-corrected chi connectivity index (χ0v) is 22.3. The van der Waals surface area contributed by atoms with Crippen molar-refractivity contribution in [2.75, 3.05) is 6.61 Å². The topological polar surface area (TPSA) is 77.4 Å². The number of hydrogen-bond acceptors (Lipinski definition) is 4. The van der Waals surface area contributed by atoms with Crippen molar-refractivity contribution in [3.8, 4) is 0 Å². The van der Waals surface area contributed by atoms with Gasteiger partial charge in [0.1, 0.15) is 0 Å². The summed E-state index contributed by atoms with van der Waals surface area (Å²) in [5, 5.41) is 8.06. The average Bonchev–Trinajstić information content (AvgIpc) is 2.65. The minimum atomic E-state index is -4.11. The summed E-state index contributed by atoms with van der Waals surface area (Å²) in [7, 11) is -4.11.